The second-order valence-corrected chi connectivity index (χ2v) is 3.75. The molecule has 0 atom stereocenters. The van der Waals surface area contributed by atoms with E-state index in [0.717, 1.165) is 5.52 Å². The summed E-state index contributed by atoms with van der Waals surface area (Å²) in [5, 5.41) is 0.192. The van der Waals surface area contributed by atoms with Crippen LogP contribution in [0, 0.1) is 0 Å². The van der Waals surface area contributed by atoms with E-state index in [1.165, 1.54) is 6.07 Å². The lowest BCUT2D eigenvalue weighted by molar-refractivity contribution is 0.947. The summed E-state index contributed by atoms with van der Waals surface area (Å²) < 4.78 is 1.77. The number of imidazole rings is 1. The molecule has 2 aromatic rings. The number of hydrogen-bond acceptors (Lipinski definition) is 2. The summed E-state index contributed by atoms with van der Waals surface area (Å²) >= 11 is 11.5. The van der Waals surface area contributed by atoms with Gasteiger partial charge in [0, 0.05) is 7.05 Å². The van der Waals surface area contributed by atoms with Crippen LogP contribution >= 0.6 is 23.2 Å². The average molecular weight is 229 g/mol. The van der Waals surface area contributed by atoms with E-state index in [1.807, 2.05) is 7.05 Å². The van der Waals surface area contributed by atoms with E-state index in [4.69, 9.17) is 23.2 Å². The molecule has 3 nitrogen and oxygen atoms in total. The van der Waals surface area contributed by atoms with Gasteiger partial charge < -0.3 is 4.57 Å². The molecule has 0 aliphatic rings. The molecule has 0 saturated heterocycles. The Bertz CT molecular complexity index is 562. The van der Waals surface area contributed by atoms with Gasteiger partial charge in [-0.1, -0.05) is 23.2 Å². The summed E-state index contributed by atoms with van der Waals surface area (Å²) in [7, 11) is 1.82. The molecule has 0 spiro atoms. The maximum atomic E-state index is 11.4. The first-order valence-electron chi connectivity index (χ1n) is 3.90. The Morgan fingerprint density at radius 2 is 1.93 bits per heavy atom. The van der Waals surface area contributed by atoms with Crippen LogP contribution in [-0.2, 0) is 7.05 Å². The predicted molar refractivity (Wildman–Crippen MR) is 57.0 cm³/mol. The highest BCUT2D eigenvalue weighted by Crippen LogP contribution is 2.16. The molecule has 2 rings (SSSR count). The van der Waals surface area contributed by atoms with Crippen molar-refractivity contribution in [3.8, 4) is 0 Å². The fraction of sp³-hybridized carbons (Fsp3) is 0.111. The highest BCUT2D eigenvalue weighted by molar-refractivity contribution is 6.34. The van der Waals surface area contributed by atoms with Crippen LogP contribution in [0.25, 0.3) is 11.0 Å². The highest BCUT2D eigenvalue weighted by Gasteiger charge is 2.05. The largest absolute Gasteiger partial charge is 0.334 e. The zero-order valence-electron chi connectivity index (χ0n) is 7.29. The third kappa shape index (κ3) is 1.38. The maximum Gasteiger partial charge on any atom is 0.215 e. The van der Waals surface area contributed by atoms with E-state index in [-0.39, 0.29) is 15.5 Å². The molecular weight excluding hydrogens is 223 g/mol. The Morgan fingerprint density at radius 1 is 1.29 bits per heavy atom. The smallest absolute Gasteiger partial charge is 0.215 e. The highest BCUT2D eigenvalue weighted by atomic mass is 35.5. The normalized spacial score (nSPS) is 10.8. The molecule has 0 radical (unpaired) electrons. The van der Waals surface area contributed by atoms with Crippen molar-refractivity contribution in [2.75, 3.05) is 0 Å². The van der Waals surface area contributed by atoms with E-state index in [2.05, 4.69) is 4.98 Å². The van der Waals surface area contributed by atoms with E-state index >= 15 is 0 Å². The van der Waals surface area contributed by atoms with E-state index < -0.39 is 0 Å². The van der Waals surface area contributed by atoms with Crippen LogP contribution in [0.5, 0.6) is 0 Å². The summed E-state index contributed by atoms with van der Waals surface area (Å²) in [6, 6.07) is 3.09. The number of nitrogens with zero attached hydrogens (tertiary/aromatic N) is 2. The standard InChI is InChI=1S/C9H6Cl2N2O/c1-13-4-12-7-2-5(10)9(14)6(11)3-8(7)13/h2-4H,1H3. The lowest BCUT2D eigenvalue weighted by Gasteiger charge is -1.88. The molecule has 1 aromatic heterocycles. The van der Waals surface area contributed by atoms with Gasteiger partial charge in [-0.2, -0.15) is 0 Å². The van der Waals surface area contributed by atoms with Crippen LogP contribution in [0.4, 0.5) is 0 Å². The Hall–Kier alpha value is -1.06. The molecule has 1 heterocycles. The third-order valence-corrected chi connectivity index (χ3v) is 2.53. The van der Waals surface area contributed by atoms with Crippen LogP contribution in [0.2, 0.25) is 10.0 Å². The predicted octanol–water partition coefficient (Wildman–Crippen LogP) is 2.24. The number of fused-ring (bicyclic) bond motifs is 1. The fourth-order valence-electron chi connectivity index (χ4n) is 1.23. The zero-order chi connectivity index (χ0) is 10.3. The lowest BCUT2D eigenvalue weighted by Crippen LogP contribution is -1.96. The Morgan fingerprint density at radius 3 is 2.64 bits per heavy atom. The van der Waals surface area contributed by atoms with E-state index in [0.29, 0.717) is 5.52 Å². The summed E-state index contributed by atoms with van der Waals surface area (Å²) in [4.78, 5) is 15.5. The molecule has 0 unspecified atom stereocenters. The van der Waals surface area contributed by atoms with Crippen molar-refractivity contribution in [3.63, 3.8) is 0 Å². The minimum atomic E-state index is -0.369. The summed E-state index contributed by atoms with van der Waals surface area (Å²) in [5.74, 6) is 0. The van der Waals surface area contributed by atoms with Gasteiger partial charge in [-0.15, -0.1) is 0 Å². The third-order valence-electron chi connectivity index (χ3n) is 1.97. The van der Waals surface area contributed by atoms with Crippen LogP contribution in [0.3, 0.4) is 0 Å². The molecule has 0 aliphatic heterocycles. The quantitative estimate of drug-likeness (QED) is 0.694. The molecule has 0 saturated carbocycles. The fourth-order valence-corrected chi connectivity index (χ4v) is 1.69. The lowest BCUT2D eigenvalue weighted by atomic mass is 10.4. The average Bonchev–Trinajstić information content (AvgIpc) is 2.43. The van der Waals surface area contributed by atoms with Crippen LogP contribution < -0.4 is 5.43 Å². The minimum Gasteiger partial charge on any atom is -0.334 e. The van der Waals surface area contributed by atoms with Crippen molar-refractivity contribution >= 4 is 34.2 Å². The monoisotopic (exact) mass is 228 g/mol. The molecule has 0 aliphatic carbocycles. The van der Waals surface area contributed by atoms with Gasteiger partial charge in [-0.3, -0.25) is 4.79 Å². The molecule has 1 aromatic carbocycles. The molecule has 0 fully saturated rings. The Labute approximate surface area is 89.9 Å². The summed E-state index contributed by atoms with van der Waals surface area (Å²) in [5.41, 5.74) is 1.06. The first kappa shape index (κ1) is 9.49. The number of hydrogen-bond donors (Lipinski definition) is 0. The van der Waals surface area contributed by atoms with Crippen molar-refractivity contribution in [1.29, 1.82) is 0 Å². The van der Waals surface area contributed by atoms with Gasteiger partial charge in [0.1, 0.15) is 0 Å². The van der Waals surface area contributed by atoms with Crippen molar-refractivity contribution < 1.29 is 0 Å². The zero-order valence-corrected chi connectivity index (χ0v) is 8.80. The van der Waals surface area contributed by atoms with Gasteiger partial charge in [-0.05, 0) is 12.1 Å². The van der Waals surface area contributed by atoms with Crippen LogP contribution in [0.15, 0.2) is 23.3 Å². The Kier molecular flexibility index (Phi) is 2.21. The van der Waals surface area contributed by atoms with Crippen molar-refractivity contribution in [3.05, 3.63) is 38.7 Å². The summed E-state index contributed by atoms with van der Waals surface area (Å²) in [6.45, 7) is 0. The van der Waals surface area contributed by atoms with Gasteiger partial charge in [0.25, 0.3) is 0 Å². The maximum absolute atomic E-state index is 11.4. The molecule has 5 heteroatoms. The second kappa shape index (κ2) is 3.26. The number of halogens is 2. The van der Waals surface area contributed by atoms with E-state index in [1.54, 1.807) is 17.0 Å². The second-order valence-electron chi connectivity index (χ2n) is 2.94. The molecule has 0 N–H and O–H groups in total. The van der Waals surface area contributed by atoms with Crippen LogP contribution in [-0.4, -0.2) is 9.55 Å². The van der Waals surface area contributed by atoms with E-state index in [9.17, 15) is 4.79 Å². The number of aryl methyl sites for hydroxylation is 1. The number of rotatable bonds is 0. The number of aromatic nitrogens is 2. The topological polar surface area (TPSA) is 34.9 Å². The van der Waals surface area contributed by atoms with Gasteiger partial charge in [-0.25, -0.2) is 4.98 Å². The first-order valence-corrected chi connectivity index (χ1v) is 4.65. The van der Waals surface area contributed by atoms with Crippen molar-refractivity contribution in [2.45, 2.75) is 0 Å². The van der Waals surface area contributed by atoms with Crippen LogP contribution in [0.1, 0.15) is 0 Å². The molecule has 0 bridgehead atoms. The minimum absolute atomic E-state index is 0.0868. The van der Waals surface area contributed by atoms with Gasteiger partial charge in [0.2, 0.25) is 5.43 Å². The van der Waals surface area contributed by atoms with Crippen molar-refractivity contribution in [1.82, 2.24) is 9.55 Å². The van der Waals surface area contributed by atoms with Gasteiger partial charge in [0.05, 0.1) is 27.4 Å². The van der Waals surface area contributed by atoms with Crippen molar-refractivity contribution in [2.24, 2.45) is 7.05 Å². The Balaban J connectivity index is 3.04. The molecular formula is C9H6Cl2N2O. The molecule has 72 valence electrons. The van der Waals surface area contributed by atoms with Gasteiger partial charge in [0.15, 0.2) is 0 Å². The van der Waals surface area contributed by atoms with Gasteiger partial charge >= 0.3 is 0 Å². The molecule has 0 amide bonds. The first-order chi connectivity index (χ1) is 6.59. The summed E-state index contributed by atoms with van der Waals surface area (Å²) in [6.07, 6.45) is 1.64. The molecule has 14 heavy (non-hydrogen) atoms. The SMILES string of the molecule is Cn1cnc2cc(Cl)c(=O)c(Cl)cc21.